The maximum atomic E-state index is 9.20. The van der Waals surface area contributed by atoms with Crippen LogP contribution in [0, 0.1) is 0 Å². The molecule has 1 aliphatic rings. The Labute approximate surface area is 123 Å². The third-order valence-corrected chi connectivity index (χ3v) is 3.78. The van der Waals surface area contributed by atoms with Crippen molar-refractivity contribution in [3.8, 4) is 0 Å². The number of fused-ring (bicyclic) bond motifs is 1. The van der Waals surface area contributed by atoms with Gasteiger partial charge in [0.25, 0.3) is 0 Å². The average molecular weight is 288 g/mol. The number of aromatic nitrogens is 1. The number of rotatable bonds is 5. The molecule has 5 heteroatoms. The minimum Gasteiger partial charge on any atom is -0.488 e. The number of hydrogen-bond acceptors (Lipinski definition) is 5. The molecule has 0 aliphatic carbocycles. The molecule has 0 bridgehead atoms. The number of nitrogens with zero attached hydrogens (tertiary/aromatic N) is 1. The molecule has 0 amide bonds. The Bertz CT molecular complexity index is 653. The van der Waals surface area contributed by atoms with E-state index in [0.29, 0.717) is 5.89 Å². The summed E-state index contributed by atoms with van der Waals surface area (Å²) in [6.45, 7) is 1.83. The average Bonchev–Trinajstić information content (AvgIpc) is 3.13. The Hall–Kier alpha value is -1.85. The molecule has 0 saturated carbocycles. The molecule has 1 aromatic heterocycles. The molecule has 2 aromatic rings. The fourth-order valence-corrected chi connectivity index (χ4v) is 2.34. The highest BCUT2D eigenvalue weighted by Gasteiger charge is 2.21. The van der Waals surface area contributed by atoms with Crippen LogP contribution in [0.25, 0.3) is 11.1 Å². The molecule has 1 unspecified atom stereocenters. The maximum absolute atomic E-state index is 9.20. The van der Waals surface area contributed by atoms with Crippen molar-refractivity contribution >= 4 is 11.1 Å². The van der Waals surface area contributed by atoms with E-state index >= 15 is 0 Å². The lowest BCUT2D eigenvalue weighted by Gasteiger charge is -2.21. The molecule has 5 nitrogen and oxygen atoms in total. The van der Waals surface area contributed by atoms with E-state index in [2.05, 4.69) is 4.98 Å². The monoisotopic (exact) mass is 288 g/mol. The zero-order valence-electron chi connectivity index (χ0n) is 12.1. The predicted molar refractivity (Wildman–Crippen MR) is 79.6 cm³/mol. The molecule has 0 spiro atoms. The van der Waals surface area contributed by atoms with Crippen LogP contribution in [0.4, 0.5) is 0 Å². The molecular formula is C16H20N2O3. The van der Waals surface area contributed by atoms with Crippen molar-refractivity contribution < 1.29 is 14.3 Å². The van der Waals surface area contributed by atoms with Crippen LogP contribution in [0.2, 0.25) is 0 Å². The van der Waals surface area contributed by atoms with E-state index < -0.39 is 5.54 Å². The van der Waals surface area contributed by atoms with Crippen molar-refractivity contribution in [1.82, 2.24) is 4.98 Å². The van der Waals surface area contributed by atoms with Crippen LogP contribution in [0.3, 0.4) is 0 Å². The second-order valence-electron chi connectivity index (χ2n) is 5.90. The van der Waals surface area contributed by atoms with Gasteiger partial charge in [0, 0.05) is 12.0 Å². The molecule has 1 aliphatic heterocycles. The van der Waals surface area contributed by atoms with Crippen molar-refractivity contribution in [1.29, 1.82) is 0 Å². The van der Waals surface area contributed by atoms with Crippen LogP contribution in [0.5, 0.6) is 0 Å². The maximum Gasteiger partial charge on any atom is 0.237 e. The topological polar surface area (TPSA) is 81.5 Å². The molecule has 0 radical (unpaired) electrons. The van der Waals surface area contributed by atoms with Crippen LogP contribution in [0.1, 0.15) is 37.3 Å². The highest BCUT2D eigenvalue weighted by atomic mass is 16.5. The zero-order valence-corrected chi connectivity index (χ0v) is 12.1. The van der Waals surface area contributed by atoms with Crippen molar-refractivity contribution in [3.05, 3.63) is 42.0 Å². The number of aryl methyl sites for hydroxylation is 1. The first kappa shape index (κ1) is 14.1. The van der Waals surface area contributed by atoms with E-state index in [1.54, 1.807) is 6.26 Å². The smallest absolute Gasteiger partial charge is 0.237 e. The predicted octanol–water partition coefficient (Wildman–Crippen LogP) is 2.45. The van der Waals surface area contributed by atoms with Crippen LogP contribution in [-0.2, 0) is 11.2 Å². The highest BCUT2D eigenvalue weighted by Crippen LogP contribution is 2.29. The normalized spacial score (nSPS) is 20.6. The number of benzene rings is 1. The van der Waals surface area contributed by atoms with E-state index in [4.69, 9.17) is 14.9 Å². The number of aliphatic hydroxyl groups is 1. The zero-order chi connectivity index (χ0) is 14.9. The van der Waals surface area contributed by atoms with E-state index in [9.17, 15) is 5.11 Å². The fourth-order valence-electron chi connectivity index (χ4n) is 2.34. The van der Waals surface area contributed by atoms with Gasteiger partial charge in [0.15, 0.2) is 11.7 Å². The van der Waals surface area contributed by atoms with E-state index in [-0.39, 0.29) is 12.7 Å². The third kappa shape index (κ3) is 3.09. The molecule has 3 rings (SSSR count). The fraction of sp³-hybridized carbons (Fsp3) is 0.438. The molecule has 21 heavy (non-hydrogen) atoms. The molecule has 0 saturated heterocycles. The van der Waals surface area contributed by atoms with Gasteiger partial charge in [-0.1, -0.05) is 6.07 Å². The second kappa shape index (κ2) is 5.50. The van der Waals surface area contributed by atoms with Crippen LogP contribution < -0.4 is 5.73 Å². The molecule has 0 fully saturated rings. The van der Waals surface area contributed by atoms with Crippen molar-refractivity contribution in [2.75, 3.05) is 6.61 Å². The Kier molecular flexibility index (Phi) is 3.69. The quantitative estimate of drug-likeness (QED) is 0.883. The number of ether oxygens (including phenoxy) is 1. The Morgan fingerprint density at radius 1 is 1.48 bits per heavy atom. The van der Waals surface area contributed by atoms with Gasteiger partial charge in [-0.15, -0.1) is 0 Å². The summed E-state index contributed by atoms with van der Waals surface area (Å²) in [5.74, 6) is 0.617. The third-order valence-electron chi connectivity index (χ3n) is 3.78. The van der Waals surface area contributed by atoms with Gasteiger partial charge in [0.05, 0.1) is 12.9 Å². The summed E-state index contributed by atoms with van der Waals surface area (Å²) < 4.78 is 11.2. The summed E-state index contributed by atoms with van der Waals surface area (Å²) in [5.41, 5.74) is 8.14. The molecular weight excluding hydrogens is 268 g/mol. The number of aliphatic hydroxyl groups excluding tert-OH is 1. The van der Waals surface area contributed by atoms with Crippen LogP contribution in [-0.4, -0.2) is 22.2 Å². The van der Waals surface area contributed by atoms with Gasteiger partial charge < -0.3 is 20.0 Å². The summed E-state index contributed by atoms with van der Waals surface area (Å²) in [4.78, 5) is 4.51. The van der Waals surface area contributed by atoms with Crippen LogP contribution in [0.15, 0.2) is 35.0 Å². The highest BCUT2D eigenvalue weighted by molar-refractivity contribution is 5.73. The summed E-state index contributed by atoms with van der Waals surface area (Å²) in [6.07, 6.45) is 5.84. The number of hydrogen-bond donors (Lipinski definition) is 2. The van der Waals surface area contributed by atoms with Gasteiger partial charge in [0.2, 0.25) is 5.89 Å². The van der Waals surface area contributed by atoms with E-state index in [0.717, 1.165) is 35.9 Å². The number of oxazole rings is 1. The first-order chi connectivity index (χ1) is 10.1. The molecule has 1 aromatic carbocycles. The van der Waals surface area contributed by atoms with Crippen molar-refractivity contribution in [2.45, 2.75) is 37.8 Å². The summed E-state index contributed by atoms with van der Waals surface area (Å²) >= 11 is 0. The second-order valence-corrected chi connectivity index (χ2v) is 5.90. The molecule has 112 valence electrons. The van der Waals surface area contributed by atoms with Gasteiger partial charge in [-0.05, 0) is 43.5 Å². The lowest BCUT2D eigenvalue weighted by molar-refractivity contribution is 0.144. The molecule has 2 heterocycles. The van der Waals surface area contributed by atoms with Gasteiger partial charge in [-0.25, -0.2) is 4.98 Å². The van der Waals surface area contributed by atoms with Gasteiger partial charge in [-0.2, -0.15) is 0 Å². The largest absolute Gasteiger partial charge is 0.488 e. The van der Waals surface area contributed by atoms with Crippen LogP contribution >= 0.6 is 0 Å². The van der Waals surface area contributed by atoms with Crippen molar-refractivity contribution in [3.63, 3.8) is 0 Å². The Balaban J connectivity index is 1.76. The lowest BCUT2D eigenvalue weighted by atomic mass is 9.95. The summed E-state index contributed by atoms with van der Waals surface area (Å²) in [5, 5.41) is 9.20. The SMILES string of the molecule is C[C@](N)(CO)CCc1ccc2oc(C3CC=CO3)nc2c1. The lowest BCUT2D eigenvalue weighted by Crippen LogP contribution is -2.40. The molecule has 2 atom stereocenters. The van der Waals surface area contributed by atoms with E-state index in [1.807, 2.05) is 31.2 Å². The molecule has 3 N–H and O–H groups in total. The summed E-state index contributed by atoms with van der Waals surface area (Å²) in [7, 11) is 0. The summed E-state index contributed by atoms with van der Waals surface area (Å²) in [6, 6.07) is 5.95. The first-order valence-corrected chi connectivity index (χ1v) is 7.17. The Morgan fingerprint density at radius 3 is 3.05 bits per heavy atom. The Morgan fingerprint density at radius 2 is 2.33 bits per heavy atom. The van der Waals surface area contributed by atoms with Crippen molar-refractivity contribution in [2.24, 2.45) is 5.73 Å². The van der Waals surface area contributed by atoms with Gasteiger partial charge >= 0.3 is 0 Å². The first-order valence-electron chi connectivity index (χ1n) is 7.17. The van der Waals surface area contributed by atoms with Gasteiger partial charge in [0.1, 0.15) is 5.52 Å². The number of nitrogens with two attached hydrogens (primary N) is 1. The minimum absolute atomic E-state index is 0.0185. The van der Waals surface area contributed by atoms with Gasteiger partial charge in [-0.3, -0.25) is 0 Å². The minimum atomic E-state index is -0.548. The standard InChI is InChI=1S/C16H20N2O3/c1-16(17,10-19)7-6-11-4-5-13-12(9-11)18-15(21-13)14-3-2-8-20-14/h2,4-5,8-9,14,19H,3,6-7,10,17H2,1H3/t14?,16-/m1/s1. The van der Waals surface area contributed by atoms with E-state index in [1.165, 1.54) is 0 Å².